The van der Waals surface area contributed by atoms with Gasteiger partial charge in [-0.1, -0.05) is 36.9 Å². The van der Waals surface area contributed by atoms with E-state index in [0.29, 0.717) is 17.3 Å². The molecular formula is C19H21ClN2O2S. The van der Waals surface area contributed by atoms with Gasteiger partial charge in [-0.05, 0) is 48.6 Å². The van der Waals surface area contributed by atoms with E-state index in [-0.39, 0.29) is 5.41 Å². The Bertz CT molecular complexity index is 722. The highest BCUT2D eigenvalue weighted by molar-refractivity contribution is 7.10. The van der Waals surface area contributed by atoms with Crippen molar-refractivity contribution in [1.82, 2.24) is 5.32 Å². The summed E-state index contributed by atoms with van der Waals surface area (Å²) in [5.74, 6) is -1.25. The second-order valence-electron chi connectivity index (χ2n) is 6.46. The highest BCUT2D eigenvalue weighted by Crippen LogP contribution is 2.41. The van der Waals surface area contributed by atoms with Crippen molar-refractivity contribution in [3.63, 3.8) is 0 Å². The van der Waals surface area contributed by atoms with Crippen molar-refractivity contribution in [1.29, 1.82) is 0 Å². The first-order chi connectivity index (χ1) is 12.1. The summed E-state index contributed by atoms with van der Waals surface area (Å²) >= 11 is 7.55. The van der Waals surface area contributed by atoms with Crippen molar-refractivity contribution in [2.24, 2.45) is 0 Å². The highest BCUT2D eigenvalue weighted by atomic mass is 35.5. The fraction of sp³-hybridized carbons (Fsp3) is 0.368. The normalized spacial score (nSPS) is 16.2. The average molecular weight is 377 g/mol. The zero-order valence-electron chi connectivity index (χ0n) is 13.9. The lowest BCUT2D eigenvalue weighted by Gasteiger charge is -2.36. The molecule has 1 aromatic carbocycles. The molecule has 1 heterocycles. The van der Waals surface area contributed by atoms with Crippen LogP contribution in [0.4, 0.5) is 5.69 Å². The van der Waals surface area contributed by atoms with Gasteiger partial charge in [0, 0.05) is 27.5 Å². The summed E-state index contributed by atoms with van der Waals surface area (Å²) in [6.07, 6.45) is 5.65. The van der Waals surface area contributed by atoms with Crippen molar-refractivity contribution in [2.75, 3.05) is 11.9 Å². The fourth-order valence-electron chi connectivity index (χ4n) is 3.37. The fourth-order valence-corrected chi connectivity index (χ4v) is 4.48. The average Bonchev–Trinajstić information content (AvgIpc) is 3.18. The quantitative estimate of drug-likeness (QED) is 0.779. The summed E-state index contributed by atoms with van der Waals surface area (Å²) < 4.78 is 0. The number of carbonyl (C=O) groups excluding carboxylic acids is 2. The van der Waals surface area contributed by atoms with Gasteiger partial charge >= 0.3 is 11.8 Å². The predicted molar refractivity (Wildman–Crippen MR) is 102 cm³/mol. The van der Waals surface area contributed by atoms with E-state index in [1.54, 1.807) is 35.6 Å². The standard InChI is InChI=1S/C19H21ClN2O2S/c20-14-6-8-15(9-7-14)22-18(24)17(23)21-13-19(10-2-1-3-11-19)16-5-4-12-25-16/h4-9,12H,1-3,10-11,13H2,(H,21,23)(H,22,24). The molecule has 0 spiro atoms. The summed E-state index contributed by atoms with van der Waals surface area (Å²) in [6, 6.07) is 10.9. The van der Waals surface area contributed by atoms with Gasteiger partial charge in [-0.3, -0.25) is 9.59 Å². The first kappa shape index (κ1) is 18.0. The minimum absolute atomic E-state index is 0.0391. The second kappa shape index (κ2) is 8.02. The number of rotatable bonds is 4. The first-order valence-electron chi connectivity index (χ1n) is 8.48. The van der Waals surface area contributed by atoms with Crippen molar-refractivity contribution in [3.8, 4) is 0 Å². The molecule has 2 amide bonds. The van der Waals surface area contributed by atoms with E-state index < -0.39 is 11.8 Å². The predicted octanol–water partition coefficient (Wildman–Crippen LogP) is 4.36. The Kier molecular flexibility index (Phi) is 5.76. The molecule has 2 N–H and O–H groups in total. The third-order valence-electron chi connectivity index (χ3n) is 4.75. The lowest BCUT2D eigenvalue weighted by molar-refractivity contribution is -0.136. The van der Waals surface area contributed by atoms with E-state index in [9.17, 15) is 9.59 Å². The van der Waals surface area contributed by atoms with Crippen molar-refractivity contribution in [3.05, 3.63) is 51.7 Å². The maximum Gasteiger partial charge on any atom is 0.313 e. The largest absolute Gasteiger partial charge is 0.347 e. The van der Waals surface area contributed by atoms with Crippen molar-refractivity contribution >= 4 is 40.4 Å². The van der Waals surface area contributed by atoms with E-state index in [1.165, 1.54) is 11.3 Å². The zero-order chi connectivity index (χ0) is 17.7. The van der Waals surface area contributed by atoms with E-state index in [4.69, 9.17) is 11.6 Å². The number of benzene rings is 1. The van der Waals surface area contributed by atoms with Crippen LogP contribution in [-0.2, 0) is 15.0 Å². The lowest BCUT2D eigenvalue weighted by atomic mass is 9.73. The molecule has 0 bridgehead atoms. The summed E-state index contributed by atoms with van der Waals surface area (Å²) in [6.45, 7) is 0.500. The smallest absolute Gasteiger partial charge is 0.313 e. The molecule has 0 aliphatic heterocycles. The minimum Gasteiger partial charge on any atom is -0.347 e. The van der Waals surface area contributed by atoms with Gasteiger partial charge < -0.3 is 10.6 Å². The van der Waals surface area contributed by atoms with Crippen LogP contribution in [0.5, 0.6) is 0 Å². The van der Waals surface area contributed by atoms with Gasteiger partial charge in [0.1, 0.15) is 0 Å². The third-order valence-corrected chi connectivity index (χ3v) is 6.12. The van der Waals surface area contributed by atoms with E-state index in [2.05, 4.69) is 22.1 Å². The van der Waals surface area contributed by atoms with Crippen LogP contribution in [0.3, 0.4) is 0 Å². The maximum atomic E-state index is 12.2. The SMILES string of the molecule is O=C(NCC1(c2cccs2)CCCCC1)C(=O)Nc1ccc(Cl)cc1. The number of amides is 2. The number of halogens is 1. The molecule has 1 fully saturated rings. The molecular weight excluding hydrogens is 356 g/mol. The van der Waals surface area contributed by atoms with Gasteiger partial charge in [-0.15, -0.1) is 11.3 Å². The minimum atomic E-state index is -0.653. The Morgan fingerprint density at radius 3 is 2.40 bits per heavy atom. The summed E-state index contributed by atoms with van der Waals surface area (Å²) in [5.41, 5.74) is 0.512. The monoisotopic (exact) mass is 376 g/mol. The van der Waals surface area contributed by atoms with Crippen LogP contribution in [0.2, 0.25) is 5.02 Å². The molecule has 2 aromatic rings. The number of hydrogen-bond donors (Lipinski definition) is 2. The van der Waals surface area contributed by atoms with E-state index >= 15 is 0 Å². The molecule has 25 heavy (non-hydrogen) atoms. The van der Waals surface area contributed by atoms with E-state index in [0.717, 1.165) is 25.7 Å². The van der Waals surface area contributed by atoms with Gasteiger partial charge in [0.25, 0.3) is 0 Å². The molecule has 1 aliphatic rings. The molecule has 3 rings (SSSR count). The van der Waals surface area contributed by atoms with Crippen LogP contribution >= 0.6 is 22.9 Å². The number of thiophene rings is 1. The van der Waals surface area contributed by atoms with E-state index in [1.807, 2.05) is 6.07 Å². The third kappa shape index (κ3) is 4.41. The number of nitrogens with one attached hydrogen (secondary N) is 2. The first-order valence-corrected chi connectivity index (χ1v) is 9.74. The molecule has 0 radical (unpaired) electrons. The number of carbonyl (C=O) groups is 2. The van der Waals surface area contributed by atoms with Crippen LogP contribution in [-0.4, -0.2) is 18.4 Å². The van der Waals surface area contributed by atoms with Gasteiger partial charge in [0.2, 0.25) is 0 Å². The van der Waals surface area contributed by atoms with Crippen LogP contribution in [0, 0.1) is 0 Å². The summed E-state index contributed by atoms with van der Waals surface area (Å²) in [4.78, 5) is 25.6. The molecule has 0 saturated heterocycles. The van der Waals surface area contributed by atoms with Gasteiger partial charge in [-0.2, -0.15) is 0 Å². The topological polar surface area (TPSA) is 58.2 Å². The molecule has 6 heteroatoms. The highest BCUT2D eigenvalue weighted by Gasteiger charge is 2.35. The Morgan fingerprint density at radius 2 is 1.76 bits per heavy atom. The number of hydrogen-bond acceptors (Lipinski definition) is 3. The van der Waals surface area contributed by atoms with Crippen LogP contribution in [0.1, 0.15) is 37.0 Å². The van der Waals surface area contributed by atoms with Gasteiger partial charge in [0.15, 0.2) is 0 Å². The summed E-state index contributed by atoms with van der Waals surface area (Å²) in [7, 11) is 0. The Morgan fingerprint density at radius 1 is 1.04 bits per heavy atom. The zero-order valence-corrected chi connectivity index (χ0v) is 15.5. The number of anilines is 1. The molecule has 1 aliphatic carbocycles. The van der Waals surface area contributed by atoms with Crippen LogP contribution in [0.15, 0.2) is 41.8 Å². The molecule has 4 nitrogen and oxygen atoms in total. The molecule has 1 saturated carbocycles. The molecule has 0 unspecified atom stereocenters. The Hall–Kier alpha value is -1.85. The lowest BCUT2D eigenvalue weighted by Crippen LogP contribution is -2.45. The maximum absolute atomic E-state index is 12.2. The molecule has 1 aromatic heterocycles. The van der Waals surface area contributed by atoms with Crippen LogP contribution < -0.4 is 10.6 Å². The van der Waals surface area contributed by atoms with Gasteiger partial charge in [-0.25, -0.2) is 0 Å². The van der Waals surface area contributed by atoms with Crippen LogP contribution in [0.25, 0.3) is 0 Å². The second-order valence-corrected chi connectivity index (χ2v) is 7.85. The summed E-state index contributed by atoms with van der Waals surface area (Å²) in [5, 5.41) is 8.09. The molecule has 132 valence electrons. The van der Waals surface area contributed by atoms with Crippen molar-refractivity contribution in [2.45, 2.75) is 37.5 Å². The van der Waals surface area contributed by atoms with Crippen molar-refractivity contribution < 1.29 is 9.59 Å². The molecule has 0 atom stereocenters. The Labute approximate surface area is 156 Å². The Balaban J connectivity index is 1.61. The van der Waals surface area contributed by atoms with Gasteiger partial charge in [0.05, 0.1) is 0 Å².